The molecule has 1 unspecified atom stereocenters. The molecule has 0 spiro atoms. The molecule has 3 nitrogen and oxygen atoms in total. The zero-order valence-corrected chi connectivity index (χ0v) is 15.6. The van der Waals surface area contributed by atoms with Crippen molar-refractivity contribution < 1.29 is 37.5 Å². The molecule has 1 amide bonds. The largest absolute Gasteiger partial charge is 0.658 e. The fourth-order valence-corrected chi connectivity index (χ4v) is 3.08. The molecule has 2 N–H and O–H groups in total. The fourth-order valence-electron chi connectivity index (χ4n) is 3.08. The molecular formula is C17H18BN2OY-2. The van der Waals surface area contributed by atoms with Gasteiger partial charge in [0, 0.05) is 53.6 Å². The Morgan fingerprint density at radius 3 is 2.36 bits per heavy atom. The number of rotatable bonds is 2. The second kappa shape index (κ2) is 7.25. The van der Waals surface area contributed by atoms with Crippen LogP contribution in [0.4, 0.5) is 0 Å². The molecule has 4 radical (unpaired) electrons. The minimum absolute atomic E-state index is 0. The van der Waals surface area contributed by atoms with Crippen LogP contribution in [0.5, 0.6) is 0 Å². The van der Waals surface area contributed by atoms with Gasteiger partial charge in [-0.25, -0.2) is 0 Å². The predicted octanol–water partition coefficient (Wildman–Crippen LogP) is 2.36. The van der Waals surface area contributed by atoms with Crippen molar-refractivity contribution >= 4 is 25.1 Å². The predicted molar refractivity (Wildman–Crippen MR) is 87.1 cm³/mol. The molecule has 1 atom stereocenters. The summed E-state index contributed by atoms with van der Waals surface area (Å²) >= 11 is 0. The Kier molecular flexibility index (Phi) is 6.37. The standard InChI is InChI=1S/C17H19N2O.B.Y/c1-17(16(20)19-2)8-14-6-12-4-3-11(10-18)5-13(12)7-15(14)9-17;;/h3-7H,1,8-10,18H2,2H3,(H,19,20);;/q-1;;/p-1. The molecule has 0 fully saturated rings. The molecule has 110 valence electrons. The quantitative estimate of drug-likeness (QED) is 0.656. The molecular weight excluding hydrogens is 348 g/mol. The Bertz CT molecular complexity index is 704. The van der Waals surface area contributed by atoms with Crippen LogP contribution in [0.2, 0.25) is 0 Å². The van der Waals surface area contributed by atoms with Gasteiger partial charge in [-0.15, -0.1) is 12.5 Å². The van der Waals surface area contributed by atoms with E-state index in [0.717, 1.165) is 5.56 Å². The van der Waals surface area contributed by atoms with E-state index in [1.807, 2.05) is 6.07 Å². The van der Waals surface area contributed by atoms with Crippen LogP contribution in [0, 0.1) is 12.3 Å². The summed E-state index contributed by atoms with van der Waals surface area (Å²) in [5, 5.41) is 6.17. The van der Waals surface area contributed by atoms with Gasteiger partial charge < -0.3 is 22.8 Å². The van der Waals surface area contributed by atoms with Gasteiger partial charge in [-0.3, -0.25) is 0 Å². The summed E-state index contributed by atoms with van der Waals surface area (Å²) in [4.78, 5) is 12.0. The van der Waals surface area contributed by atoms with Gasteiger partial charge in [-0.05, 0) is 46.4 Å². The molecule has 1 aliphatic rings. The minimum Gasteiger partial charge on any atom is -0.658 e. The average Bonchev–Trinajstić information content (AvgIpc) is 2.79. The summed E-state index contributed by atoms with van der Waals surface area (Å²) in [6, 6.07) is 10.6. The van der Waals surface area contributed by atoms with Crippen LogP contribution in [0.15, 0.2) is 30.3 Å². The van der Waals surface area contributed by atoms with E-state index in [4.69, 9.17) is 5.73 Å². The first-order valence-corrected chi connectivity index (χ1v) is 6.80. The summed E-state index contributed by atoms with van der Waals surface area (Å²) < 4.78 is 0. The second-order valence-corrected chi connectivity index (χ2v) is 5.67. The zero-order chi connectivity index (χ0) is 14.3. The van der Waals surface area contributed by atoms with Crippen molar-refractivity contribution in [2.24, 2.45) is 11.1 Å². The number of hydrogen-bond donors (Lipinski definition) is 1. The molecule has 0 aromatic heterocycles. The molecule has 2 aromatic rings. The zero-order valence-electron chi connectivity index (χ0n) is 12.8. The van der Waals surface area contributed by atoms with Crippen LogP contribution >= 0.6 is 0 Å². The van der Waals surface area contributed by atoms with E-state index in [1.54, 1.807) is 7.05 Å². The van der Waals surface area contributed by atoms with Crippen molar-refractivity contribution in [3.05, 3.63) is 59.3 Å². The van der Waals surface area contributed by atoms with Crippen LogP contribution in [0.25, 0.3) is 16.1 Å². The number of nitrogens with two attached hydrogens (primary N) is 1. The smallest absolute Gasteiger partial charge is 0.0273 e. The van der Waals surface area contributed by atoms with Crippen LogP contribution in [0.1, 0.15) is 16.7 Å². The SMILES string of the molecule is [B].[CH2-]C1(C(=O)[N-]C)Cc2cc3ccc(CN)cc3cc2C1.[Y]. The van der Waals surface area contributed by atoms with Crippen LogP contribution in [-0.2, 0) is 56.9 Å². The van der Waals surface area contributed by atoms with Gasteiger partial charge >= 0.3 is 0 Å². The van der Waals surface area contributed by atoms with Gasteiger partial charge in [0.1, 0.15) is 0 Å². The Balaban J connectivity index is 0.00000121. The van der Waals surface area contributed by atoms with Crippen LogP contribution < -0.4 is 5.73 Å². The molecule has 0 saturated heterocycles. The van der Waals surface area contributed by atoms with Crippen molar-refractivity contribution in [1.82, 2.24) is 0 Å². The number of carbonyl (C=O) groups is 1. The van der Waals surface area contributed by atoms with E-state index >= 15 is 0 Å². The summed E-state index contributed by atoms with van der Waals surface area (Å²) in [6.07, 6.45) is 1.34. The van der Waals surface area contributed by atoms with E-state index in [9.17, 15) is 4.79 Å². The molecule has 2 aromatic carbocycles. The number of benzene rings is 2. The monoisotopic (exact) mass is 366 g/mol. The maximum atomic E-state index is 12.0. The molecule has 0 bridgehead atoms. The first kappa shape index (κ1) is 19.3. The number of hydrogen-bond acceptors (Lipinski definition) is 2. The van der Waals surface area contributed by atoms with Gasteiger partial charge in [0.25, 0.3) is 0 Å². The van der Waals surface area contributed by atoms with Gasteiger partial charge in [0.05, 0.1) is 0 Å². The topological polar surface area (TPSA) is 57.2 Å². The molecule has 22 heavy (non-hydrogen) atoms. The fraction of sp³-hybridized carbons (Fsp3) is 0.294. The van der Waals surface area contributed by atoms with Crippen molar-refractivity contribution in [3.8, 4) is 0 Å². The van der Waals surface area contributed by atoms with E-state index in [-0.39, 0.29) is 47.0 Å². The van der Waals surface area contributed by atoms with Crippen molar-refractivity contribution in [2.75, 3.05) is 7.05 Å². The molecule has 0 heterocycles. The Hall–Kier alpha value is -0.701. The van der Waals surface area contributed by atoms with Gasteiger partial charge in [0.15, 0.2) is 0 Å². The number of fused-ring (bicyclic) bond motifs is 2. The van der Waals surface area contributed by atoms with Crippen LogP contribution in [-0.4, -0.2) is 21.4 Å². The van der Waals surface area contributed by atoms with Crippen LogP contribution in [0.3, 0.4) is 0 Å². The summed E-state index contributed by atoms with van der Waals surface area (Å²) in [5.74, 6) is -0.111. The first-order valence-electron chi connectivity index (χ1n) is 6.80. The maximum absolute atomic E-state index is 12.0. The van der Waals surface area contributed by atoms with E-state index in [0.29, 0.717) is 19.4 Å². The van der Waals surface area contributed by atoms with Crippen molar-refractivity contribution in [1.29, 1.82) is 0 Å². The Morgan fingerprint density at radius 2 is 1.82 bits per heavy atom. The van der Waals surface area contributed by atoms with Gasteiger partial charge in [-0.2, -0.15) is 0 Å². The average molecular weight is 366 g/mol. The summed E-state index contributed by atoms with van der Waals surface area (Å²) in [5.41, 5.74) is 8.61. The third-order valence-corrected chi connectivity index (χ3v) is 4.17. The van der Waals surface area contributed by atoms with Gasteiger partial charge in [0.2, 0.25) is 0 Å². The first-order chi connectivity index (χ1) is 9.55. The summed E-state index contributed by atoms with van der Waals surface area (Å²) in [6.45, 7) is 4.66. The number of amides is 1. The van der Waals surface area contributed by atoms with E-state index in [2.05, 4.69) is 36.5 Å². The maximum Gasteiger partial charge on any atom is 0.0273 e. The molecule has 0 aliphatic heterocycles. The molecule has 5 heteroatoms. The molecule has 1 aliphatic carbocycles. The molecule has 0 saturated carbocycles. The normalized spacial score (nSPS) is 19.0. The number of carbonyl (C=O) groups excluding carboxylic acids is 1. The van der Waals surface area contributed by atoms with E-state index in [1.165, 1.54) is 21.9 Å². The van der Waals surface area contributed by atoms with Crippen molar-refractivity contribution in [2.45, 2.75) is 19.4 Å². The van der Waals surface area contributed by atoms with E-state index < -0.39 is 5.41 Å². The number of nitrogens with zero attached hydrogens (tertiary/aromatic N) is 1. The Labute approximate surface area is 158 Å². The third-order valence-electron chi connectivity index (χ3n) is 4.17. The summed E-state index contributed by atoms with van der Waals surface area (Å²) in [7, 11) is 1.54. The Morgan fingerprint density at radius 1 is 1.23 bits per heavy atom. The van der Waals surface area contributed by atoms with Crippen molar-refractivity contribution in [3.63, 3.8) is 0 Å². The van der Waals surface area contributed by atoms with Gasteiger partial charge in [-0.1, -0.05) is 24.3 Å². The minimum atomic E-state index is -0.620. The third kappa shape index (κ3) is 3.29. The molecule has 3 rings (SSSR count). The second-order valence-electron chi connectivity index (χ2n) is 5.67.